The smallest absolute Gasteiger partial charge is 0.251 e. The molecule has 0 bridgehead atoms. The number of anilines is 1. The number of amides is 2. The van der Waals surface area contributed by atoms with E-state index >= 15 is 0 Å². The maximum absolute atomic E-state index is 13.0. The number of nitrogens with zero attached hydrogens (tertiary/aromatic N) is 2. The summed E-state index contributed by atoms with van der Waals surface area (Å²) in [6.07, 6.45) is 5.79. The van der Waals surface area contributed by atoms with Crippen molar-refractivity contribution in [3.8, 4) is 0 Å². The molecule has 4 aromatic rings. The molecule has 2 aliphatic rings. The van der Waals surface area contributed by atoms with Crippen LogP contribution in [0.4, 0.5) is 5.82 Å². The lowest BCUT2D eigenvalue weighted by Crippen LogP contribution is -2.38. The van der Waals surface area contributed by atoms with Crippen LogP contribution in [0.2, 0.25) is 0 Å². The van der Waals surface area contributed by atoms with Gasteiger partial charge in [0.05, 0.1) is 5.52 Å². The Morgan fingerprint density at radius 2 is 1.78 bits per heavy atom. The van der Waals surface area contributed by atoms with Gasteiger partial charge in [0.2, 0.25) is 5.91 Å². The molecule has 0 spiro atoms. The van der Waals surface area contributed by atoms with Gasteiger partial charge in [-0.05, 0) is 75.4 Å². The number of aromatic nitrogens is 2. The lowest BCUT2D eigenvalue weighted by Gasteiger charge is -2.32. The fourth-order valence-corrected chi connectivity index (χ4v) is 5.27. The molecular formula is C30H33N5O2. The number of hydrogen-bond acceptors (Lipinski definition) is 4. The first-order valence-corrected chi connectivity index (χ1v) is 13.3. The zero-order valence-electron chi connectivity index (χ0n) is 21.2. The number of carbonyl (C=O) groups is 2. The molecule has 190 valence electrons. The van der Waals surface area contributed by atoms with Crippen molar-refractivity contribution in [1.29, 1.82) is 0 Å². The number of piperidine rings is 1. The van der Waals surface area contributed by atoms with E-state index in [1.807, 2.05) is 24.3 Å². The highest BCUT2D eigenvalue weighted by Crippen LogP contribution is 2.33. The lowest BCUT2D eigenvalue weighted by molar-refractivity contribution is -0.117. The van der Waals surface area contributed by atoms with Crippen LogP contribution in [0.25, 0.3) is 21.8 Å². The lowest BCUT2D eigenvalue weighted by atomic mass is 9.96. The third-order valence-corrected chi connectivity index (χ3v) is 7.76. The van der Waals surface area contributed by atoms with Crippen molar-refractivity contribution in [3.63, 3.8) is 0 Å². The van der Waals surface area contributed by atoms with Crippen molar-refractivity contribution < 1.29 is 9.59 Å². The van der Waals surface area contributed by atoms with Gasteiger partial charge < -0.3 is 15.6 Å². The Balaban J connectivity index is 1.07. The second-order valence-corrected chi connectivity index (χ2v) is 10.6. The molecule has 0 unspecified atom stereocenters. The largest absolute Gasteiger partial charge is 0.352 e. The van der Waals surface area contributed by atoms with Crippen LogP contribution in [0.15, 0.2) is 54.7 Å². The number of fused-ring (bicyclic) bond motifs is 3. The van der Waals surface area contributed by atoms with Crippen molar-refractivity contribution in [2.75, 3.05) is 25.0 Å². The summed E-state index contributed by atoms with van der Waals surface area (Å²) >= 11 is 0. The van der Waals surface area contributed by atoms with Gasteiger partial charge in [-0.15, -0.1) is 0 Å². The normalized spacial score (nSPS) is 16.8. The number of aryl methyl sites for hydroxylation is 1. The molecule has 2 aromatic carbocycles. The van der Waals surface area contributed by atoms with Crippen LogP contribution in [-0.4, -0.2) is 46.3 Å². The molecule has 2 fully saturated rings. The summed E-state index contributed by atoms with van der Waals surface area (Å²) in [5, 5.41) is 8.11. The Labute approximate surface area is 216 Å². The molecule has 6 rings (SSSR count). The minimum absolute atomic E-state index is 0.0275. The van der Waals surface area contributed by atoms with E-state index in [4.69, 9.17) is 0 Å². The number of benzene rings is 2. The minimum Gasteiger partial charge on any atom is -0.352 e. The molecule has 37 heavy (non-hydrogen) atoms. The molecule has 1 saturated heterocycles. The van der Waals surface area contributed by atoms with E-state index < -0.39 is 0 Å². The highest BCUT2D eigenvalue weighted by atomic mass is 16.2. The SMILES string of the molecule is Cc1ccc(CN2CCC(CNC(=O)c3ccc4c(c3)[nH]c3c(NC(=O)C5CC5)nccc34)CC2)cc1. The van der Waals surface area contributed by atoms with E-state index in [2.05, 4.69) is 56.7 Å². The fourth-order valence-electron chi connectivity index (χ4n) is 5.27. The summed E-state index contributed by atoms with van der Waals surface area (Å²) in [5.41, 5.74) is 4.94. The molecule has 7 nitrogen and oxygen atoms in total. The molecule has 2 aromatic heterocycles. The van der Waals surface area contributed by atoms with E-state index in [0.29, 0.717) is 23.8 Å². The zero-order chi connectivity index (χ0) is 25.4. The standard InChI is InChI=1S/C30H33N5O2/c1-19-2-4-21(5-3-19)18-35-14-11-20(12-15-35)17-32-29(36)23-8-9-24-25-10-13-31-28(27(25)33-26(24)16-23)34-30(37)22-6-7-22/h2-5,8-10,13,16,20,22,33H,6-7,11-12,14-15,17-18H2,1H3,(H,32,36)(H,31,34,37). The van der Waals surface area contributed by atoms with Gasteiger partial charge in [-0.1, -0.05) is 35.9 Å². The van der Waals surface area contributed by atoms with Gasteiger partial charge in [0.25, 0.3) is 5.91 Å². The van der Waals surface area contributed by atoms with Crippen LogP contribution in [0.3, 0.4) is 0 Å². The van der Waals surface area contributed by atoms with E-state index in [1.54, 1.807) is 6.20 Å². The third-order valence-electron chi connectivity index (χ3n) is 7.76. The fraction of sp³-hybridized carbons (Fsp3) is 0.367. The van der Waals surface area contributed by atoms with Crippen LogP contribution in [0, 0.1) is 18.8 Å². The number of likely N-dealkylation sites (tertiary alicyclic amines) is 1. The number of aromatic amines is 1. The number of pyridine rings is 1. The Bertz CT molecular complexity index is 1450. The minimum atomic E-state index is -0.0528. The second kappa shape index (κ2) is 9.98. The Morgan fingerprint density at radius 3 is 2.54 bits per heavy atom. The van der Waals surface area contributed by atoms with Gasteiger partial charge in [0.15, 0.2) is 5.82 Å². The second-order valence-electron chi connectivity index (χ2n) is 10.6. The zero-order valence-corrected chi connectivity index (χ0v) is 21.2. The first-order valence-electron chi connectivity index (χ1n) is 13.3. The highest BCUT2D eigenvalue weighted by molar-refractivity contribution is 6.13. The summed E-state index contributed by atoms with van der Waals surface area (Å²) in [5.74, 6) is 1.13. The molecule has 1 aliphatic heterocycles. The van der Waals surface area contributed by atoms with Crippen LogP contribution in [0.1, 0.15) is 47.2 Å². The third kappa shape index (κ3) is 5.23. The Morgan fingerprint density at radius 1 is 1.00 bits per heavy atom. The van der Waals surface area contributed by atoms with E-state index in [9.17, 15) is 9.59 Å². The number of rotatable bonds is 7. The summed E-state index contributed by atoms with van der Waals surface area (Å²) in [6.45, 7) is 5.92. The number of carbonyl (C=O) groups excluding carboxylic acids is 2. The average molecular weight is 496 g/mol. The first kappa shape index (κ1) is 23.7. The Hall–Kier alpha value is -3.71. The summed E-state index contributed by atoms with van der Waals surface area (Å²) in [6, 6.07) is 16.5. The molecule has 1 saturated carbocycles. The molecule has 7 heteroatoms. The van der Waals surface area contributed by atoms with Gasteiger partial charge in [0.1, 0.15) is 0 Å². The molecule has 0 radical (unpaired) electrons. The summed E-state index contributed by atoms with van der Waals surface area (Å²) < 4.78 is 0. The number of nitrogens with one attached hydrogen (secondary N) is 3. The van der Waals surface area contributed by atoms with Crippen LogP contribution in [-0.2, 0) is 11.3 Å². The van der Waals surface area contributed by atoms with E-state index in [0.717, 1.165) is 67.1 Å². The van der Waals surface area contributed by atoms with Crippen molar-refractivity contribution >= 4 is 39.4 Å². The van der Waals surface area contributed by atoms with Crippen LogP contribution >= 0.6 is 0 Å². The van der Waals surface area contributed by atoms with Crippen molar-refractivity contribution in [3.05, 3.63) is 71.4 Å². The average Bonchev–Trinajstić information content (AvgIpc) is 3.70. The summed E-state index contributed by atoms with van der Waals surface area (Å²) in [7, 11) is 0. The summed E-state index contributed by atoms with van der Waals surface area (Å²) in [4.78, 5) is 35.5. The molecule has 0 atom stereocenters. The molecule has 2 amide bonds. The molecular weight excluding hydrogens is 462 g/mol. The maximum Gasteiger partial charge on any atom is 0.251 e. The topological polar surface area (TPSA) is 90.1 Å². The number of hydrogen-bond donors (Lipinski definition) is 3. The molecule has 3 heterocycles. The van der Waals surface area contributed by atoms with Gasteiger partial charge in [-0.2, -0.15) is 0 Å². The van der Waals surface area contributed by atoms with Crippen molar-refractivity contribution in [2.45, 2.75) is 39.2 Å². The van der Waals surface area contributed by atoms with Gasteiger partial charge >= 0.3 is 0 Å². The van der Waals surface area contributed by atoms with Crippen molar-refractivity contribution in [2.24, 2.45) is 11.8 Å². The van der Waals surface area contributed by atoms with Crippen LogP contribution in [0.5, 0.6) is 0 Å². The van der Waals surface area contributed by atoms with Gasteiger partial charge in [0, 0.05) is 47.1 Å². The first-order chi connectivity index (χ1) is 18.0. The monoisotopic (exact) mass is 495 g/mol. The number of H-pyrrole nitrogens is 1. The maximum atomic E-state index is 13.0. The predicted molar refractivity (Wildman–Crippen MR) is 146 cm³/mol. The highest BCUT2D eigenvalue weighted by Gasteiger charge is 2.30. The van der Waals surface area contributed by atoms with Gasteiger partial charge in [-0.3, -0.25) is 14.5 Å². The van der Waals surface area contributed by atoms with Crippen molar-refractivity contribution in [1.82, 2.24) is 20.2 Å². The predicted octanol–water partition coefficient (Wildman–Crippen LogP) is 5.02. The van der Waals surface area contributed by atoms with Crippen LogP contribution < -0.4 is 10.6 Å². The molecule has 3 N–H and O–H groups in total. The molecule has 1 aliphatic carbocycles. The van der Waals surface area contributed by atoms with E-state index in [1.165, 1.54) is 11.1 Å². The van der Waals surface area contributed by atoms with E-state index in [-0.39, 0.29) is 17.7 Å². The quantitative estimate of drug-likeness (QED) is 0.336. The van der Waals surface area contributed by atoms with Gasteiger partial charge in [-0.25, -0.2) is 4.98 Å². The Kier molecular flexibility index (Phi) is 6.38.